The molecule has 7 nitrogen and oxygen atoms in total. The van der Waals surface area contributed by atoms with Gasteiger partial charge >= 0.3 is 6.18 Å². The zero-order chi connectivity index (χ0) is 27.3. The van der Waals surface area contributed by atoms with E-state index in [2.05, 4.69) is 15.4 Å². The molecular weight excluding hydrogens is 499 g/mol. The summed E-state index contributed by atoms with van der Waals surface area (Å²) in [5.74, 6) is -2.50. The first-order chi connectivity index (χ1) is 17.2. The summed E-state index contributed by atoms with van der Waals surface area (Å²) in [7, 11) is 0. The van der Waals surface area contributed by atoms with Gasteiger partial charge in [0.1, 0.15) is 22.7 Å². The fourth-order valence-corrected chi connectivity index (χ4v) is 3.94. The Hall–Kier alpha value is -4.06. The van der Waals surface area contributed by atoms with E-state index >= 15 is 0 Å². The number of aromatic amines is 1. The molecule has 4 aromatic rings. The van der Waals surface area contributed by atoms with Gasteiger partial charge in [-0.1, -0.05) is 24.3 Å². The molecule has 0 saturated carbocycles. The Morgan fingerprint density at radius 1 is 1.11 bits per heavy atom. The molecule has 0 radical (unpaired) electrons. The lowest BCUT2D eigenvalue weighted by Gasteiger charge is -2.30. The molecule has 0 fully saturated rings. The molecule has 37 heavy (non-hydrogen) atoms. The number of alkyl halides is 3. The zero-order valence-electron chi connectivity index (χ0n) is 19.7. The third-order valence-electron chi connectivity index (χ3n) is 5.79. The predicted molar refractivity (Wildman–Crippen MR) is 124 cm³/mol. The fraction of sp³-hybridized carbons (Fsp3) is 0.240. The summed E-state index contributed by atoms with van der Waals surface area (Å²) < 4.78 is 70.3. The monoisotopic (exact) mass is 520 g/mol. The van der Waals surface area contributed by atoms with Crippen LogP contribution >= 0.6 is 0 Å². The molecule has 1 unspecified atom stereocenters. The van der Waals surface area contributed by atoms with Gasteiger partial charge in [0, 0.05) is 5.56 Å². The number of aliphatic hydroxyl groups is 1. The van der Waals surface area contributed by atoms with Crippen molar-refractivity contribution in [3.63, 3.8) is 0 Å². The van der Waals surface area contributed by atoms with Crippen LogP contribution in [-0.2, 0) is 6.18 Å². The summed E-state index contributed by atoms with van der Waals surface area (Å²) in [4.78, 5) is 28.1. The number of benzene rings is 2. The molecule has 3 N–H and O–H groups in total. The van der Waals surface area contributed by atoms with E-state index in [1.165, 1.54) is 45.0 Å². The van der Waals surface area contributed by atoms with Crippen LogP contribution in [0, 0.1) is 18.6 Å². The Labute approximate surface area is 206 Å². The van der Waals surface area contributed by atoms with E-state index in [0.29, 0.717) is 10.1 Å². The first-order valence-electron chi connectivity index (χ1n) is 10.9. The van der Waals surface area contributed by atoms with Crippen LogP contribution in [0.2, 0.25) is 0 Å². The minimum atomic E-state index is -5.15. The first kappa shape index (κ1) is 26.0. The van der Waals surface area contributed by atoms with E-state index in [-0.39, 0.29) is 16.8 Å². The van der Waals surface area contributed by atoms with Gasteiger partial charge in [0.2, 0.25) is 0 Å². The first-order valence-corrected chi connectivity index (χ1v) is 10.9. The van der Waals surface area contributed by atoms with Crippen molar-refractivity contribution in [3.05, 3.63) is 93.0 Å². The Morgan fingerprint density at radius 3 is 2.32 bits per heavy atom. The van der Waals surface area contributed by atoms with Gasteiger partial charge in [-0.2, -0.15) is 18.3 Å². The number of rotatable bonds is 5. The van der Waals surface area contributed by atoms with E-state index in [1.54, 1.807) is 0 Å². The van der Waals surface area contributed by atoms with Gasteiger partial charge in [-0.15, -0.1) is 0 Å². The molecule has 0 bridgehead atoms. The van der Waals surface area contributed by atoms with Gasteiger partial charge < -0.3 is 15.4 Å². The molecule has 4 rings (SSSR count). The van der Waals surface area contributed by atoms with Crippen molar-refractivity contribution < 1.29 is 31.9 Å². The lowest BCUT2D eigenvalue weighted by Crippen LogP contribution is -2.42. The second-order valence-electron chi connectivity index (χ2n) is 9.09. The number of aryl methyl sites for hydroxylation is 1. The summed E-state index contributed by atoms with van der Waals surface area (Å²) in [6, 6.07) is 7.43. The minimum Gasteiger partial charge on any atom is -0.388 e. The number of hydrogen-bond acceptors (Lipinski definition) is 4. The van der Waals surface area contributed by atoms with Crippen molar-refractivity contribution >= 4 is 11.4 Å². The quantitative estimate of drug-likeness (QED) is 0.337. The third-order valence-corrected chi connectivity index (χ3v) is 5.79. The molecule has 0 aliphatic carbocycles. The molecule has 0 aliphatic heterocycles. The number of hydrogen-bond donors (Lipinski definition) is 3. The number of halogens is 5. The zero-order valence-corrected chi connectivity index (χ0v) is 19.7. The average Bonchev–Trinajstić information content (AvgIpc) is 3.20. The summed E-state index contributed by atoms with van der Waals surface area (Å²) in [5.41, 5.74) is -5.80. The van der Waals surface area contributed by atoms with E-state index < -0.39 is 57.7 Å². The molecule has 2 aromatic carbocycles. The number of carbonyl (C=O) groups is 1. The smallest absolute Gasteiger partial charge is 0.388 e. The molecule has 0 saturated heterocycles. The summed E-state index contributed by atoms with van der Waals surface area (Å²) >= 11 is 0. The fourth-order valence-electron chi connectivity index (χ4n) is 3.94. The van der Waals surface area contributed by atoms with Gasteiger partial charge in [0.05, 0.1) is 23.5 Å². The highest BCUT2D eigenvalue weighted by Gasteiger charge is 2.42. The van der Waals surface area contributed by atoms with Gasteiger partial charge in [-0.3, -0.25) is 9.59 Å². The lowest BCUT2D eigenvalue weighted by molar-refractivity contribution is -0.136. The van der Waals surface area contributed by atoms with E-state index in [1.807, 2.05) is 0 Å². The van der Waals surface area contributed by atoms with Gasteiger partial charge in [0.25, 0.3) is 11.5 Å². The van der Waals surface area contributed by atoms with Crippen LogP contribution in [0.25, 0.3) is 16.8 Å². The highest BCUT2D eigenvalue weighted by Crippen LogP contribution is 2.35. The number of carbonyl (C=O) groups excluding carboxylic acids is 1. The SMILES string of the molecule is Cc1ccc(-c2cn3nc(C(=O)NC(c4ccc(F)cc4)C(C)(C)O)c(C(F)(F)F)c3c(=O)[nH]2)cc1F. The van der Waals surface area contributed by atoms with E-state index in [0.717, 1.165) is 24.4 Å². The van der Waals surface area contributed by atoms with Crippen molar-refractivity contribution in [2.24, 2.45) is 0 Å². The van der Waals surface area contributed by atoms with Crippen molar-refractivity contribution in [2.75, 3.05) is 0 Å². The molecule has 1 amide bonds. The van der Waals surface area contributed by atoms with Crippen LogP contribution in [0.5, 0.6) is 0 Å². The van der Waals surface area contributed by atoms with Gasteiger partial charge in [0.15, 0.2) is 5.69 Å². The van der Waals surface area contributed by atoms with Gasteiger partial charge in [-0.05, 0) is 50.1 Å². The van der Waals surface area contributed by atoms with Crippen LogP contribution in [0.15, 0.2) is 53.5 Å². The van der Waals surface area contributed by atoms with Crippen LogP contribution in [0.3, 0.4) is 0 Å². The molecule has 194 valence electrons. The van der Waals surface area contributed by atoms with E-state index in [4.69, 9.17) is 0 Å². The van der Waals surface area contributed by atoms with Crippen LogP contribution in [-0.4, -0.2) is 31.2 Å². The van der Waals surface area contributed by atoms with Crippen LogP contribution in [0.1, 0.15) is 47.1 Å². The molecule has 0 spiro atoms. The molecule has 1 atom stereocenters. The Balaban J connectivity index is 1.84. The maximum atomic E-state index is 14.1. The molecule has 0 aliphatic rings. The van der Waals surface area contributed by atoms with Crippen molar-refractivity contribution in [3.8, 4) is 11.3 Å². The Morgan fingerprint density at radius 2 is 1.76 bits per heavy atom. The number of nitrogens with one attached hydrogen (secondary N) is 2. The van der Waals surface area contributed by atoms with Crippen LogP contribution < -0.4 is 10.9 Å². The Bertz CT molecular complexity index is 1550. The minimum absolute atomic E-state index is 0.0275. The molecular formula is C25H21F5N4O3. The molecule has 2 aromatic heterocycles. The van der Waals surface area contributed by atoms with E-state index in [9.17, 15) is 36.6 Å². The van der Waals surface area contributed by atoms with Crippen molar-refractivity contribution in [1.29, 1.82) is 0 Å². The predicted octanol–water partition coefficient (Wildman–Crippen LogP) is 4.54. The number of aromatic nitrogens is 3. The lowest BCUT2D eigenvalue weighted by atomic mass is 9.91. The number of fused-ring (bicyclic) bond motifs is 1. The normalized spacial score (nSPS) is 13.1. The second kappa shape index (κ2) is 9.11. The van der Waals surface area contributed by atoms with Crippen molar-refractivity contribution in [2.45, 2.75) is 38.6 Å². The maximum absolute atomic E-state index is 14.1. The third kappa shape index (κ3) is 5.10. The maximum Gasteiger partial charge on any atom is 0.421 e. The summed E-state index contributed by atoms with van der Waals surface area (Å²) in [6.45, 7) is 4.15. The molecule has 12 heteroatoms. The number of nitrogens with zero attached hydrogens (tertiary/aromatic N) is 2. The highest BCUT2D eigenvalue weighted by atomic mass is 19.4. The molecule has 2 heterocycles. The number of H-pyrrole nitrogens is 1. The average molecular weight is 520 g/mol. The summed E-state index contributed by atoms with van der Waals surface area (Å²) in [5, 5.41) is 16.6. The van der Waals surface area contributed by atoms with Crippen molar-refractivity contribution in [1.82, 2.24) is 19.9 Å². The number of amides is 1. The summed E-state index contributed by atoms with van der Waals surface area (Å²) in [6.07, 6.45) is -4.11. The Kier molecular flexibility index (Phi) is 6.40. The van der Waals surface area contributed by atoms with Crippen LogP contribution in [0.4, 0.5) is 22.0 Å². The highest BCUT2D eigenvalue weighted by molar-refractivity contribution is 5.96. The topological polar surface area (TPSA) is 99.5 Å². The largest absolute Gasteiger partial charge is 0.421 e. The second-order valence-corrected chi connectivity index (χ2v) is 9.09. The standard InChI is InChI=1S/C25H21F5N4O3/c1-12-4-5-14(10-16(12)27)17-11-34-20(23(36)31-17)18(25(28,29)30)19(33-34)22(35)32-21(24(2,3)37)13-6-8-15(26)9-7-13/h4-11,21,37H,1-3H3,(H,31,36)(H,32,35). The van der Waals surface area contributed by atoms with Gasteiger partial charge in [-0.25, -0.2) is 13.3 Å².